The molecule has 1 aromatic heterocycles. The fourth-order valence-electron chi connectivity index (χ4n) is 1.87. The molecule has 0 aliphatic rings. The minimum atomic E-state index is -4.39. The molecule has 0 radical (unpaired) electrons. The Hall–Kier alpha value is -1.93. The summed E-state index contributed by atoms with van der Waals surface area (Å²) in [6.07, 6.45) is -4.39. The Morgan fingerprint density at radius 1 is 1.35 bits per heavy atom. The minimum Gasteiger partial charge on any atom is -0.394 e. The fourth-order valence-corrected chi connectivity index (χ4v) is 2.84. The molecule has 1 aromatic carbocycles. The third-order valence-corrected chi connectivity index (χ3v) is 4.32. The lowest BCUT2D eigenvalue weighted by Crippen LogP contribution is -2.34. The molecule has 0 spiro atoms. The molecule has 0 aliphatic carbocycles. The Morgan fingerprint density at radius 3 is 2.48 bits per heavy atom. The first kappa shape index (κ1) is 17.4. The van der Waals surface area contributed by atoms with Crippen molar-refractivity contribution in [2.45, 2.75) is 26.1 Å². The number of carbonyl (C=O) groups is 1. The average molecular weight is 344 g/mol. The highest BCUT2D eigenvalue weighted by Gasteiger charge is 2.30. The SMILES string of the molecule is Cc1nc(-c2ccc(C(F)(F)F)cc2)sc1C(=O)NC(C)CO. The van der Waals surface area contributed by atoms with E-state index in [0.29, 0.717) is 21.1 Å². The topological polar surface area (TPSA) is 62.2 Å². The van der Waals surface area contributed by atoms with Crippen molar-refractivity contribution in [1.29, 1.82) is 0 Å². The Balaban J connectivity index is 2.25. The van der Waals surface area contributed by atoms with Gasteiger partial charge in [0.1, 0.15) is 9.88 Å². The van der Waals surface area contributed by atoms with Gasteiger partial charge in [0.15, 0.2) is 0 Å². The van der Waals surface area contributed by atoms with E-state index < -0.39 is 17.8 Å². The van der Waals surface area contributed by atoms with Gasteiger partial charge >= 0.3 is 6.18 Å². The van der Waals surface area contributed by atoms with Crippen LogP contribution in [-0.4, -0.2) is 28.6 Å². The van der Waals surface area contributed by atoms with Gasteiger partial charge in [-0.05, 0) is 26.0 Å². The molecule has 124 valence electrons. The second kappa shape index (κ2) is 6.67. The van der Waals surface area contributed by atoms with E-state index >= 15 is 0 Å². The molecule has 4 nitrogen and oxygen atoms in total. The van der Waals surface area contributed by atoms with E-state index in [9.17, 15) is 18.0 Å². The van der Waals surface area contributed by atoms with Gasteiger partial charge in [0.05, 0.1) is 17.9 Å². The number of aliphatic hydroxyl groups excluding tert-OH is 1. The van der Waals surface area contributed by atoms with Crippen molar-refractivity contribution in [3.63, 3.8) is 0 Å². The maximum absolute atomic E-state index is 12.6. The summed E-state index contributed by atoms with van der Waals surface area (Å²) < 4.78 is 37.7. The molecule has 0 saturated heterocycles. The first-order valence-electron chi connectivity index (χ1n) is 6.79. The summed E-state index contributed by atoms with van der Waals surface area (Å²) in [5.74, 6) is -0.361. The van der Waals surface area contributed by atoms with Crippen LogP contribution in [0, 0.1) is 6.92 Å². The lowest BCUT2D eigenvalue weighted by molar-refractivity contribution is -0.137. The van der Waals surface area contributed by atoms with Crippen LogP contribution in [0.15, 0.2) is 24.3 Å². The van der Waals surface area contributed by atoms with Crippen LogP contribution in [0.4, 0.5) is 13.2 Å². The maximum atomic E-state index is 12.6. The quantitative estimate of drug-likeness (QED) is 0.895. The van der Waals surface area contributed by atoms with E-state index in [0.717, 1.165) is 23.5 Å². The Labute approximate surface area is 135 Å². The Morgan fingerprint density at radius 2 is 1.96 bits per heavy atom. The van der Waals surface area contributed by atoms with Crippen LogP contribution in [0.25, 0.3) is 10.6 Å². The average Bonchev–Trinajstić information content (AvgIpc) is 2.88. The molecule has 2 N–H and O–H groups in total. The maximum Gasteiger partial charge on any atom is 0.416 e. The number of amides is 1. The number of thiazole rings is 1. The Kier molecular flexibility index (Phi) is 5.06. The van der Waals surface area contributed by atoms with E-state index in [4.69, 9.17) is 5.11 Å². The summed E-state index contributed by atoms with van der Waals surface area (Å²) in [7, 11) is 0. The van der Waals surface area contributed by atoms with E-state index in [1.807, 2.05) is 0 Å². The third-order valence-electron chi connectivity index (χ3n) is 3.11. The normalized spacial score (nSPS) is 13.0. The molecule has 2 rings (SSSR count). The van der Waals surface area contributed by atoms with Crippen LogP contribution in [0.2, 0.25) is 0 Å². The number of aliphatic hydroxyl groups is 1. The van der Waals surface area contributed by atoms with Crippen LogP contribution < -0.4 is 5.32 Å². The number of carbonyl (C=O) groups excluding carboxylic acids is 1. The van der Waals surface area contributed by atoms with Crippen LogP contribution in [0.3, 0.4) is 0 Å². The summed E-state index contributed by atoms with van der Waals surface area (Å²) in [5.41, 5.74) is 0.275. The van der Waals surface area contributed by atoms with Gasteiger partial charge in [-0.3, -0.25) is 4.79 Å². The summed E-state index contributed by atoms with van der Waals surface area (Å²) in [5, 5.41) is 12.0. The number of hydrogen-bond acceptors (Lipinski definition) is 4. The largest absolute Gasteiger partial charge is 0.416 e. The first-order chi connectivity index (χ1) is 10.7. The van der Waals surface area contributed by atoms with Crippen LogP contribution >= 0.6 is 11.3 Å². The predicted molar refractivity (Wildman–Crippen MR) is 81.3 cm³/mol. The van der Waals surface area contributed by atoms with E-state index in [2.05, 4.69) is 10.3 Å². The number of aryl methyl sites for hydroxylation is 1. The number of alkyl halides is 3. The number of hydrogen-bond donors (Lipinski definition) is 2. The number of benzene rings is 1. The number of aromatic nitrogens is 1. The number of nitrogens with one attached hydrogen (secondary N) is 1. The van der Waals surface area contributed by atoms with E-state index in [-0.39, 0.29) is 12.5 Å². The molecule has 23 heavy (non-hydrogen) atoms. The zero-order valence-corrected chi connectivity index (χ0v) is 13.3. The van der Waals surface area contributed by atoms with Gasteiger partial charge in [0, 0.05) is 11.6 Å². The molecule has 0 bridgehead atoms. The van der Waals surface area contributed by atoms with Crippen molar-refractivity contribution in [2.24, 2.45) is 0 Å². The lowest BCUT2D eigenvalue weighted by Gasteiger charge is -2.09. The molecule has 1 amide bonds. The van der Waals surface area contributed by atoms with Gasteiger partial charge in [-0.2, -0.15) is 13.2 Å². The second-order valence-corrected chi connectivity index (χ2v) is 6.06. The smallest absolute Gasteiger partial charge is 0.394 e. The molecule has 1 atom stereocenters. The molecule has 0 fully saturated rings. The lowest BCUT2D eigenvalue weighted by atomic mass is 10.1. The minimum absolute atomic E-state index is 0.185. The predicted octanol–water partition coefficient (Wildman–Crippen LogP) is 3.25. The number of nitrogens with zero attached hydrogens (tertiary/aromatic N) is 1. The fraction of sp³-hybridized carbons (Fsp3) is 0.333. The summed E-state index contributed by atoms with van der Waals surface area (Å²) in [6.45, 7) is 3.13. The van der Waals surface area contributed by atoms with Gasteiger partial charge in [-0.1, -0.05) is 12.1 Å². The molecule has 0 saturated carbocycles. The molecule has 8 heteroatoms. The van der Waals surface area contributed by atoms with Crippen molar-refractivity contribution in [3.8, 4) is 10.6 Å². The van der Waals surface area contributed by atoms with Crippen LogP contribution in [0.1, 0.15) is 27.9 Å². The summed E-state index contributed by atoms with van der Waals surface area (Å²) >= 11 is 1.10. The van der Waals surface area contributed by atoms with Crippen molar-refractivity contribution in [3.05, 3.63) is 40.4 Å². The summed E-state index contributed by atoms with van der Waals surface area (Å²) in [4.78, 5) is 16.7. The van der Waals surface area contributed by atoms with Gasteiger partial charge in [-0.15, -0.1) is 11.3 Å². The van der Waals surface area contributed by atoms with E-state index in [1.54, 1.807) is 13.8 Å². The summed E-state index contributed by atoms with van der Waals surface area (Å²) in [6, 6.07) is 4.25. The monoisotopic (exact) mass is 344 g/mol. The highest BCUT2D eigenvalue weighted by atomic mass is 32.1. The highest BCUT2D eigenvalue weighted by Crippen LogP contribution is 2.32. The number of rotatable bonds is 4. The second-order valence-electron chi connectivity index (χ2n) is 5.07. The molecule has 1 heterocycles. The van der Waals surface area contributed by atoms with Crippen molar-refractivity contribution in [2.75, 3.05) is 6.61 Å². The van der Waals surface area contributed by atoms with Crippen molar-refractivity contribution in [1.82, 2.24) is 10.3 Å². The van der Waals surface area contributed by atoms with Crippen LogP contribution in [-0.2, 0) is 6.18 Å². The zero-order chi connectivity index (χ0) is 17.2. The first-order valence-corrected chi connectivity index (χ1v) is 7.60. The van der Waals surface area contributed by atoms with Crippen molar-refractivity contribution < 1.29 is 23.1 Å². The van der Waals surface area contributed by atoms with E-state index in [1.165, 1.54) is 12.1 Å². The van der Waals surface area contributed by atoms with Gasteiger partial charge in [-0.25, -0.2) is 4.98 Å². The standard InChI is InChI=1S/C15H15F3N2O2S/c1-8(7-21)19-13(22)12-9(2)20-14(23-12)10-3-5-11(6-4-10)15(16,17)18/h3-6,8,21H,7H2,1-2H3,(H,19,22). The van der Waals surface area contributed by atoms with Crippen LogP contribution in [0.5, 0.6) is 0 Å². The molecule has 1 unspecified atom stereocenters. The molecule has 2 aromatic rings. The number of halogens is 3. The Bertz CT molecular complexity index is 696. The van der Waals surface area contributed by atoms with Gasteiger partial charge in [0.2, 0.25) is 0 Å². The molecular weight excluding hydrogens is 329 g/mol. The zero-order valence-electron chi connectivity index (χ0n) is 12.4. The van der Waals surface area contributed by atoms with Crippen molar-refractivity contribution >= 4 is 17.2 Å². The molecule has 0 aliphatic heterocycles. The third kappa shape index (κ3) is 4.08. The molecular formula is C15H15F3N2O2S. The van der Waals surface area contributed by atoms with Gasteiger partial charge in [0.25, 0.3) is 5.91 Å². The van der Waals surface area contributed by atoms with Gasteiger partial charge < -0.3 is 10.4 Å². The highest BCUT2D eigenvalue weighted by molar-refractivity contribution is 7.17.